The van der Waals surface area contributed by atoms with Crippen LogP contribution < -0.4 is 10.1 Å². The van der Waals surface area contributed by atoms with E-state index in [1.165, 1.54) is 0 Å². The fourth-order valence-electron chi connectivity index (χ4n) is 2.63. The quantitative estimate of drug-likeness (QED) is 0.928. The van der Waals surface area contributed by atoms with Crippen LogP contribution in [0.15, 0.2) is 24.3 Å². The lowest BCUT2D eigenvalue weighted by atomic mass is 10.0. The third kappa shape index (κ3) is 4.89. The molecule has 1 aromatic carbocycles. The second-order valence-corrected chi connectivity index (χ2v) is 6.59. The minimum atomic E-state index is -0.314. The lowest BCUT2D eigenvalue weighted by molar-refractivity contribution is 0.0683. The summed E-state index contributed by atoms with van der Waals surface area (Å²) in [6.07, 6.45) is 2.17. The van der Waals surface area contributed by atoms with Crippen LogP contribution in [-0.4, -0.2) is 42.6 Å². The van der Waals surface area contributed by atoms with Gasteiger partial charge in [0.15, 0.2) is 0 Å². The van der Waals surface area contributed by atoms with E-state index in [4.69, 9.17) is 4.74 Å². The minimum Gasteiger partial charge on any atom is -0.487 e. The first-order valence-electron chi connectivity index (χ1n) is 7.65. The fraction of sp³-hybridized carbons (Fsp3) is 0.588. The van der Waals surface area contributed by atoms with Crippen LogP contribution >= 0.6 is 12.4 Å². The number of carbonyl (C=O) groups excluding carboxylic acids is 1. The number of amides is 1. The number of ether oxygens (including phenoxy) is 1. The number of hydrogen-bond acceptors (Lipinski definition) is 3. The summed E-state index contributed by atoms with van der Waals surface area (Å²) in [6, 6.07) is 7.91. The predicted octanol–water partition coefficient (Wildman–Crippen LogP) is 3.11. The van der Waals surface area contributed by atoms with E-state index in [1.807, 2.05) is 57.0 Å². The lowest BCUT2D eigenvalue weighted by Gasteiger charge is -2.33. The van der Waals surface area contributed by atoms with Crippen molar-refractivity contribution in [3.05, 3.63) is 29.8 Å². The summed E-state index contributed by atoms with van der Waals surface area (Å²) in [5.41, 5.74) is 0.343. The van der Waals surface area contributed by atoms with Gasteiger partial charge in [-0.3, -0.25) is 4.79 Å². The molecule has 1 fully saturated rings. The molecule has 1 amide bonds. The zero-order valence-corrected chi connectivity index (χ0v) is 14.7. The molecule has 1 aliphatic rings. The van der Waals surface area contributed by atoms with Gasteiger partial charge >= 0.3 is 0 Å². The topological polar surface area (TPSA) is 41.6 Å². The molecule has 2 rings (SSSR count). The molecule has 0 radical (unpaired) electrons. The molecule has 22 heavy (non-hydrogen) atoms. The third-order valence-corrected chi connectivity index (χ3v) is 3.65. The molecule has 0 spiro atoms. The van der Waals surface area contributed by atoms with Gasteiger partial charge in [-0.1, -0.05) is 12.1 Å². The predicted molar refractivity (Wildman–Crippen MR) is 92.1 cm³/mol. The Morgan fingerprint density at radius 2 is 2.00 bits per heavy atom. The maximum absolute atomic E-state index is 12.8. The van der Waals surface area contributed by atoms with Crippen LogP contribution in [0, 0.1) is 0 Å². The Balaban J connectivity index is 0.00000242. The molecule has 5 heteroatoms. The number of nitrogens with one attached hydrogen (secondary N) is 1. The molecule has 0 aliphatic carbocycles. The Morgan fingerprint density at radius 1 is 1.32 bits per heavy atom. The van der Waals surface area contributed by atoms with Crippen molar-refractivity contribution < 1.29 is 9.53 Å². The summed E-state index contributed by atoms with van der Waals surface area (Å²) in [5, 5.41) is 3.27. The summed E-state index contributed by atoms with van der Waals surface area (Å²) >= 11 is 0. The monoisotopic (exact) mass is 326 g/mol. The van der Waals surface area contributed by atoms with E-state index in [2.05, 4.69) is 5.32 Å². The van der Waals surface area contributed by atoms with E-state index in [0.29, 0.717) is 17.4 Å². The Labute approximate surface area is 139 Å². The molecule has 4 nitrogen and oxygen atoms in total. The molecule has 1 saturated heterocycles. The van der Waals surface area contributed by atoms with E-state index in [0.717, 1.165) is 25.9 Å². The van der Waals surface area contributed by atoms with Crippen molar-refractivity contribution >= 4 is 18.3 Å². The largest absolute Gasteiger partial charge is 0.487 e. The number of carbonyl (C=O) groups is 1. The van der Waals surface area contributed by atoms with Gasteiger partial charge in [-0.2, -0.15) is 0 Å². The van der Waals surface area contributed by atoms with Gasteiger partial charge in [0, 0.05) is 19.1 Å². The molecule has 0 bridgehead atoms. The van der Waals surface area contributed by atoms with Crippen LogP contribution in [0.2, 0.25) is 0 Å². The van der Waals surface area contributed by atoms with Crippen molar-refractivity contribution in [3.8, 4) is 5.75 Å². The van der Waals surface area contributed by atoms with Crippen LogP contribution in [-0.2, 0) is 0 Å². The molecule has 1 N–H and O–H groups in total. The maximum atomic E-state index is 12.8. The van der Waals surface area contributed by atoms with Crippen molar-refractivity contribution in [2.45, 2.75) is 45.3 Å². The summed E-state index contributed by atoms with van der Waals surface area (Å²) in [4.78, 5) is 14.7. The van der Waals surface area contributed by atoms with Gasteiger partial charge in [0.2, 0.25) is 0 Å². The molecular weight excluding hydrogens is 300 g/mol. The second kappa shape index (κ2) is 7.84. The number of rotatable bonds is 3. The number of halogens is 1. The normalized spacial score (nSPS) is 18.5. The summed E-state index contributed by atoms with van der Waals surface area (Å²) < 4.78 is 5.93. The van der Waals surface area contributed by atoms with Crippen molar-refractivity contribution in [2.24, 2.45) is 0 Å². The van der Waals surface area contributed by atoms with Gasteiger partial charge in [-0.05, 0) is 52.8 Å². The highest BCUT2D eigenvalue weighted by Gasteiger charge is 2.26. The fourth-order valence-corrected chi connectivity index (χ4v) is 2.63. The molecule has 124 valence electrons. The van der Waals surface area contributed by atoms with Crippen LogP contribution in [0.4, 0.5) is 0 Å². The van der Waals surface area contributed by atoms with Gasteiger partial charge < -0.3 is 15.0 Å². The standard InChI is InChI=1S/C17H26N2O2.ClH/c1-17(2,3)21-15-10-6-5-9-14(15)16(20)19-11-7-8-13(12-19)18-4;/h5-6,9-10,13,18H,7-8,11-12H2,1-4H3;1H. The number of para-hydroxylation sites is 1. The average molecular weight is 327 g/mol. The van der Waals surface area contributed by atoms with Crippen LogP contribution in [0.25, 0.3) is 0 Å². The Bertz CT molecular complexity index is 500. The minimum absolute atomic E-state index is 0. The molecular formula is C17H27ClN2O2. The Hall–Kier alpha value is -1.26. The summed E-state index contributed by atoms with van der Waals surface area (Å²) in [5.74, 6) is 0.733. The van der Waals surface area contributed by atoms with E-state index in [-0.39, 0.29) is 23.9 Å². The van der Waals surface area contributed by atoms with Crippen molar-refractivity contribution in [1.82, 2.24) is 10.2 Å². The molecule has 1 atom stereocenters. The SMILES string of the molecule is CNC1CCCN(C(=O)c2ccccc2OC(C)(C)C)C1.Cl. The number of likely N-dealkylation sites (tertiary alicyclic amines) is 1. The zero-order valence-electron chi connectivity index (χ0n) is 13.9. The van der Waals surface area contributed by atoms with E-state index >= 15 is 0 Å². The van der Waals surface area contributed by atoms with Crippen molar-refractivity contribution in [3.63, 3.8) is 0 Å². The van der Waals surface area contributed by atoms with Gasteiger partial charge in [0.25, 0.3) is 5.91 Å². The first-order valence-corrected chi connectivity index (χ1v) is 7.65. The Kier molecular flexibility index (Phi) is 6.69. The molecule has 1 aliphatic heterocycles. The van der Waals surface area contributed by atoms with Gasteiger partial charge in [0.05, 0.1) is 5.56 Å². The van der Waals surface area contributed by atoms with Gasteiger partial charge in [-0.15, -0.1) is 12.4 Å². The van der Waals surface area contributed by atoms with Crippen molar-refractivity contribution in [1.29, 1.82) is 0 Å². The second-order valence-electron chi connectivity index (χ2n) is 6.59. The van der Waals surface area contributed by atoms with E-state index < -0.39 is 0 Å². The van der Waals surface area contributed by atoms with Crippen molar-refractivity contribution in [2.75, 3.05) is 20.1 Å². The first-order chi connectivity index (χ1) is 9.90. The highest BCUT2D eigenvalue weighted by Crippen LogP contribution is 2.25. The van der Waals surface area contributed by atoms with Gasteiger partial charge in [0.1, 0.15) is 11.4 Å². The molecule has 1 unspecified atom stereocenters. The summed E-state index contributed by atoms with van der Waals surface area (Å²) in [7, 11) is 1.95. The number of piperidine rings is 1. The van der Waals surface area contributed by atoms with E-state index in [1.54, 1.807) is 0 Å². The third-order valence-electron chi connectivity index (χ3n) is 3.65. The lowest BCUT2D eigenvalue weighted by Crippen LogP contribution is -2.47. The number of likely N-dealkylation sites (N-methyl/N-ethyl adjacent to an activating group) is 1. The average Bonchev–Trinajstić information content (AvgIpc) is 2.45. The first kappa shape index (κ1) is 18.8. The Morgan fingerprint density at radius 3 is 2.64 bits per heavy atom. The highest BCUT2D eigenvalue weighted by atomic mass is 35.5. The molecule has 1 aromatic rings. The number of hydrogen-bond donors (Lipinski definition) is 1. The zero-order chi connectivity index (χ0) is 15.5. The van der Waals surface area contributed by atoms with Crippen LogP contribution in [0.3, 0.4) is 0 Å². The maximum Gasteiger partial charge on any atom is 0.257 e. The smallest absolute Gasteiger partial charge is 0.257 e. The van der Waals surface area contributed by atoms with Gasteiger partial charge in [-0.25, -0.2) is 0 Å². The van der Waals surface area contributed by atoms with E-state index in [9.17, 15) is 4.79 Å². The van der Waals surface area contributed by atoms with Crippen LogP contribution in [0.1, 0.15) is 44.0 Å². The highest BCUT2D eigenvalue weighted by molar-refractivity contribution is 5.97. The number of nitrogens with zero attached hydrogens (tertiary/aromatic N) is 1. The van der Waals surface area contributed by atoms with Crippen LogP contribution in [0.5, 0.6) is 5.75 Å². The molecule has 1 heterocycles. The summed E-state index contributed by atoms with van der Waals surface area (Å²) in [6.45, 7) is 7.56. The number of benzene rings is 1. The molecule has 0 saturated carbocycles. The molecule has 0 aromatic heterocycles.